The molecule has 0 saturated carbocycles. The van der Waals surface area contributed by atoms with Crippen molar-refractivity contribution in [2.75, 3.05) is 17.7 Å². The summed E-state index contributed by atoms with van der Waals surface area (Å²) in [5.41, 5.74) is 0.890. The summed E-state index contributed by atoms with van der Waals surface area (Å²) in [4.78, 5) is 11.6. The van der Waals surface area contributed by atoms with Gasteiger partial charge in [0.25, 0.3) is 0 Å². The second-order valence-corrected chi connectivity index (χ2v) is 5.79. The molecule has 0 aliphatic carbocycles. The number of halogens is 5. The summed E-state index contributed by atoms with van der Waals surface area (Å²) in [7, 11) is 1.46. The Morgan fingerprint density at radius 3 is 1.93 bits per heavy atom. The molecule has 0 amide bonds. The van der Waals surface area contributed by atoms with Crippen molar-refractivity contribution in [1.29, 1.82) is 0 Å². The number of rotatable bonds is 6. The van der Waals surface area contributed by atoms with Gasteiger partial charge in [-0.1, -0.05) is 30.3 Å². The first-order valence-electron chi connectivity index (χ1n) is 8.26. The Balaban J connectivity index is 1.94. The van der Waals surface area contributed by atoms with Gasteiger partial charge in [0.05, 0.1) is 6.04 Å². The maximum atomic E-state index is 13.9. The molecule has 11 heteroatoms. The molecule has 3 aromatic rings. The van der Waals surface area contributed by atoms with Crippen LogP contribution in [0.1, 0.15) is 18.5 Å². The first-order chi connectivity index (χ1) is 13.8. The van der Waals surface area contributed by atoms with E-state index in [1.807, 2.05) is 37.3 Å². The molecule has 0 saturated heterocycles. The lowest BCUT2D eigenvalue weighted by Crippen LogP contribution is -2.12. The fourth-order valence-electron chi connectivity index (χ4n) is 2.36. The van der Waals surface area contributed by atoms with Crippen LogP contribution < -0.4 is 15.4 Å². The van der Waals surface area contributed by atoms with Crippen LogP contribution in [0.3, 0.4) is 0 Å². The molecule has 6 nitrogen and oxygen atoms in total. The van der Waals surface area contributed by atoms with Crippen LogP contribution in [0.25, 0.3) is 0 Å². The number of nitrogens with one attached hydrogen (secondary N) is 2. The minimum atomic E-state index is -2.29. The Bertz CT molecular complexity index is 1010. The van der Waals surface area contributed by atoms with Gasteiger partial charge in [-0.3, -0.25) is 0 Å². The lowest BCUT2D eigenvalue weighted by molar-refractivity contribution is 0.322. The van der Waals surface area contributed by atoms with Crippen molar-refractivity contribution in [2.45, 2.75) is 13.0 Å². The average Bonchev–Trinajstić information content (AvgIpc) is 2.74. The summed E-state index contributed by atoms with van der Waals surface area (Å²) in [5, 5.41) is 5.53. The Morgan fingerprint density at radius 1 is 0.793 bits per heavy atom. The number of anilines is 2. The zero-order valence-corrected chi connectivity index (χ0v) is 15.1. The molecular formula is C18H14F5N5O. The van der Waals surface area contributed by atoms with Gasteiger partial charge in [0, 0.05) is 7.05 Å². The van der Waals surface area contributed by atoms with E-state index in [2.05, 4.69) is 25.6 Å². The van der Waals surface area contributed by atoms with Crippen LogP contribution in [0, 0.1) is 29.1 Å². The van der Waals surface area contributed by atoms with Crippen molar-refractivity contribution in [1.82, 2.24) is 15.0 Å². The maximum Gasteiger partial charge on any atom is 0.328 e. The monoisotopic (exact) mass is 411 g/mol. The highest BCUT2D eigenvalue weighted by Gasteiger charge is 2.28. The first-order valence-corrected chi connectivity index (χ1v) is 8.26. The highest BCUT2D eigenvalue weighted by Crippen LogP contribution is 2.32. The summed E-state index contributed by atoms with van der Waals surface area (Å²) < 4.78 is 72.4. The Labute approximate surface area is 161 Å². The van der Waals surface area contributed by atoms with E-state index in [1.54, 1.807) is 0 Å². The molecule has 0 fully saturated rings. The number of benzene rings is 2. The van der Waals surface area contributed by atoms with Crippen molar-refractivity contribution in [3.8, 4) is 11.8 Å². The SMILES string of the molecule is CNc1nc(N[C@H](C)c2ccccc2)nc(Oc2c(F)c(F)c(F)c(F)c2F)n1. The fraction of sp³-hybridized carbons (Fsp3) is 0.167. The van der Waals surface area contributed by atoms with E-state index in [4.69, 9.17) is 4.74 Å². The smallest absolute Gasteiger partial charge is 0.328 e. The minimum Gasteiger partial charge on any atom is -0.418 e. The van der Waals surface area contributed by atoms with Gasteiger partial charge in [0.2, 0.25) is 46.7 Å². The molecule has 0 spiro atoms. The number of hydrogen-bond donors (Lipinski definition) is 2. The molecule has 1 heterocycles. The van der Waals surface area contributed by atoms with Gasteiger partial charge in [-0.25, -0.2) is 13.2 Å². The molecule has 1 aromatic heterocycles. The first kappa shape index (κ1) is 20.2. The summed E-state index contributed by atoms with van der Waals surface area (Å²) in [5.74, 6) is -12.5. The van der Waals surface area contributed by atoms with Gasteiger partial charge in [0.1, 0.15) is 0 Å². The predicted molar refractivity (Wildman–Crippen MR) is 94.2 cm³/mol. The van der Waals surface area contributed by atoms with E-state index in [0.29, 0.717) is 0 Å². The zero-order chi connectivity index (χ0) is 21.1. The third kappa shape index (κ3) is 4.18. The number of hydrogen-bond acceptors (Lipinski definition) is 6. The highest BCUT2D eigenvalue weighted by atomic mass is 19.2. The number of aromatic nitrogens is 3. The quantitative estimate of drug-likeness (QED) is 0.352. The topological polar surface area (TPSA) is 72.0 Å². The van der Waals surface area contributed by atoms with Gasteiger partial charge in [-0.05, 0) is 12.5 Å². The molecule has 0 radical (unpaired) electrons. The van der Waals surface area contributed by atoms with E-state index in [9.17, 15) is 22.0 Å². The van der Waals surface area contributed by atoms with Crippen molar-refractivity contribution in [2.24, 2.45) is 0 Å². The molecule has 0 unspecified atom stereocenters. The molecule has 0 aliphatic heterocycles. The highest BCUT2D eigenvalue weighted by molar-refractivity contribution is 5.39. The van der Waals surface area contributed by atoms with Gasteiger partial charge in [0.15, 0.2) is 0 Å². The molecule has 3 rings (SSSR count). The van der Waals surface area contributed by atoms with E-state index in [0.717, 1.165) is 5.56 Å². The normalized spacial score (nSPS) is 11.8. The fourth-order valence-corrected chi connectivity index (χ4v) is 2.36. The Hall–Kier alpha value is -3.50. The average molecular weight is 411 g/mol. The van der Waals surface area contributed by atoms with E-state index in [1.165, 1.54) is 7.05 Å². The molecule has 152 valence electrons. The summed E-state index contributed by atoms with van der Waals surface area (Å²) in [6.07, 6.45) is 0. The molecule has 2 aromatic carbocycles. The van der Waals surface area contributed by atoms with Crippen LogP contribution >= 0.6 is 0 Å². The largest absolute Gasteiger partial charge is 0.418 e. The van der Waals surface area contributed by atoms with Crippen LogP contribution in [0.5, 0.6) is 11.8 Å². The Kier molecular flexibility index (Phi) is 5.76. The standard InChI is InChI=1S/C18H14F5N5O/c1-8(9-6-4-3-5-7-9)25-17-26-16(24-2)27-18(28-17)29-15-13(22)11(20)10(19)12(21)14(15)23/h3-8H,1-2H3,(H2,24,25,26,27,28)/t8-/m1/s1. The molecule has 0 aliphatic rings. The second kappa shape index (κ2) is 8.25. The lowest BCUT2D eigenvalue weighted by atomic mass is 10.1. The number of nitrogens with zero attached hydrogens (tertiary/aromatic N) is 3. The van der Waals surface area contributed by atoms with Crippen LogP contribution in [0.15, 0.2) is 30.3 Å². The zero-order valence-electron chi connectivity index (χ0n) is 15.1. The van der Waals surface area contributed by atoms with Gasteiger partial charge >= 0.3 is 6.01 Å². The summed E-state index contributed by atoms with van der Waals surface area (Å²) in [6.45, 7) is 1.81. The lowest BCUT2D eigenvalue weighted by Gasteiger charge is -2.15. The second-order valence-electron chi connectivity index (χ2n) is 5.79. The van der Waals surface area contributed by atoms with Crippen LogP contribution in [0.2, 0.25) is 0 Å². The molecular weight excluding hydrogens is 397 g/mol. The minimum absolute atomic E-state index is 0.0421. The van der Waals surface area contributed by atoms with Crippen molar-refractivity contribution in [3.05, 3.63) is 65.0 Å². The van der Waals surface area contributed by atoms with Crippen LogP contribution in [-0.2, 0) is 0 Å². The molecule has 1 atom stereocenters. The predicted octanol–water partition coefficient (Wildman–Crippen LogP) is 4.57. The van der Waals surface area contributed by atoms with E-state index < -0.39 is 40.8 Å². The summed E-state index contributed by atoms with van der Waals surface area (Å²) >= 11 is 0. The molecule has 0 bridgehead atoms. The van der Waals surface area contributed by atoms with Crippen molar-refractivity contribution in [3.63, 3.8) is 0 Å². The third-order valence-electron chi connectivity index (χ3n) is 3.85. The van der Waals surface area contributed by atoms with Gasteiger partial charge in [-0.15, -0.1) is 0 Å². The maximum absolute atomic E-state index is 13.9. The van der Waals surface area contributed by atoms with Crippen molar-refractivity contribution >= 4 is 11.9 Å². The van der Waals surface area contributed by atoms with E-state index >= 15 is 0 Å². The Morgan fingerprint density at radius 2 is 1.34 bits per heavy atom. The van der Waals surface area contributed by atoms with E-state index in [-0.39, 0.29) is 17.9 Å². The van der Waals surface area contributed by atoms with Gasteiger partial charge in [-0.2, -0.15) is 23.7 Å². The molecule has 2 N–H and O–H groups in total. The summed E-state index contributed by atoms with van der Waals surface area (Å²) in [6, 6.07) is 8.26. The molecule has 29 heavy (non-hydrogen) atoms. The number of ether oxygens (including phenoxy) is 1. The third-order valence-corrected chi connectivity index (χ3v) is 3.85. The van der Waals surface area contributed by atoms with Crippen LogP contribution in [-0.4, -0.2) is 22.0 Å². The van der Waals surface area contributed by atoms with Crippen LogP contribution in [0.4, 0.5) is 33.8 Å². The van der Waals surface area contributed by atoms with Gasteiger partial charge < -0.3 is 15.4 Å². The van der Waals surface area contributed by atoms with Crippen molar-refractivity contribution < 1.29 is 26.7 Å².